The minimum Gasteiger partial charge on any atom is -0.462 e. The van der Waals surface area contributed by atoms with Crippen LogP contribution in [-0.2, 0) is 9.53 Å². The van der Waals surface area contributed by atoms with Gasteiger partial charge < -0.3 is 4.74 Å². The second-order valence-electron chi connectivity index (χ2n) is 2.44. The molecule has 0 saturated carbocycles. The Labute approximate surface area is 91.2 Å². The van der Waals surface area contributed by atoms with Gasteiger partial charge in [-0.25, -0.2) is 4.79 Å². The summed E-state index contributed by atoms with van der Waals surface area (Å²) in [5.74, 6) is -0.534. The highest BCUT2D eigenvalue weighted by Crippen LogP contribution is 2.44. The van der Waals surface area contributed by atoms with Gasteiger partial charge >= 0.3 is 5.97 Å². The molecule has 0 bridgehead atoms. The first-order valence-corrected chi connectivity index (χ1v) is 5.71. The Kier molecular flexibility index (Phi) is 4.11. The average Bonchev–Trinajstić information content (AvgIpc) is 2.54. The number of nitrogens with zero attached hydrogens (tertiary/aromatic N) is 1. The van der Waals surface area contributed by atoms with Crippen molar-refractivity contribution in [1.82, 2.24) is 0 Å². The fourth-order valence-electron chi connectivity index (χ4n) is 0.819. The number of rotatable bonds is 2. The van der Waals surface area contributed by atoms with E-state index in [0.717, 1.165) is 4.91 Å². The molecule has 5 heteroatoms. The van der Waals surface area contributed by atoms with E-state index in [4.69, 9.17) is 10.00 Å². The molecular formula is C9H9NO2S2. The second-order valence-corrected chi connectivity index (χ2v) is 4.84. The van der Waals surface area contributed by atoms with Crippen molar-refractivity contribution in [3.05, 3.63) is 20.1 Å². The summed E-state index contributed by atoms with van der Waals surface area (Å²) >= 11 is 2.83. The van der Waals surface area contributed by atoms with Crippen LogP contribution >= 0.6 is 23.5 Å². The van der Waals surface area contributed by atoms with Crippen LogP contribution in [0.25, 0.3) is 0 Å². The van der Waals surface area contributed by atoms with Gasteiger partial charge in [-0.15, -0.1) is 0 Å². The zero-order valence-corrected chi connectivity index (χ0v) is 9.50. The van der Waals surface area contributed by atoms with Crippen molar-refractivity contribution in [3.8, 4) is 6.07 Å². The van der Waals surface area contributed by atoms with E-state index in [2.05, 4.69) is 0 Å². The topological polar surface area (TPSA) is 50.1 Å². The molecule has 0 saturated heterocycles. The molecule has 0 radical (unpaired) electrons. The summed E-state index contributed by atoms with van der Waals surface area (Å²) in [6, 6.07) is 1.88. The smallest absolute Gasteiger partial charge is 0.350 e. The molecule has 74 valence electrons. The van der Waals surface area contributed by atoms with Crippen LogP contribution in [0.2, 0.25) is 0 Å². The number of allylic oxidation sites excluding steroid dienone is 1. The lowest BCUT2D eigenvalue weighted by Crippen LogP contribution is -2.07. The van der Waals surface area contributed by atoms with Gasteiger partial charge in [0.2, 0.25) is 0 Å². The summed E-state index contributed by atoms with van der Waals surface area (Å²) in [5.41, 5.74) is 0.106. The van der Waals surface area contributed by atoms with Crippen molar-refractivity contribution in [3.63, 3.8) is 0 Å². The molecular weight excluding hydrogens is 218 g/mol. The van der Waals surface area contributed by atoms with E-state index >= 15 is 0 Å². The van der Waals surface area contributed by atoms with Gasteiger partial charge in [-0.1, -0.05) is 23.5 Å². The van der Waals surface area contributed by atoms with Crippen molar-refractivity contribution < 1.29 is 9.53 Å². The van der Waals surface area contributed by atoms with Crippen molar-refractivity contribution in [2.24, 2.45) is 0 Å². The predicted octanol–water partition coefficient (Wildman–Crippen LogP) is 2.63. The second kappa shape index (κ2) is 5.13. The zero-order chi connectivity index (χ0) is 10.6. The number of esters is 1. The minimum absolute atomic E-state index is 0.106. The average molecular weight is 227 g/mol. The number of hydrogen-bond acceptors (Lipinski definition) is 5. The normalized spacial score (nSPS) is 18.5. The third-order valence-corrected chi connectivity index (χ3v) is 3.79. The Bertz CT molecular complexity index is 352. The Balaban J connectivity index is 2.83. The maximum atomic E-state index is 11.3. The highest BCUT2D eigenvalue weighted by molar-refractivity contribution is 8.28. The molecule has 3 nitrogen and oxygen atoms in total. The van der Waals surface area contributed by atoms with E-state index in [1.54, 1.807) is 6.92 Å². The fraction of sp³-hybridized carbons (Fsp3) is 0.333. The first kappa shape index (κ1) is 11.2. The molecule has 14 heavy (non-hydrogen) atoms. The molecule has 0 aliphatic carbocycles. The molecule has 0 aromatic rings. The molecule has 0 aromatic heterocycles. The molecule has 1 heterocycles. The van der Waals surface area contributed by atoms with Gasteiger partial charge in [0.25, 0.3) is 0 Å². The van der Waals surface area contributed by atoms with Gasteiger partial charge in [0, 0.05) is 0 Å². The van der Waals surface area contributed by atoms with Crippen molar-refractivity contribution in [2.45, 2.75) is 13.8 Å². The van der Waals surface area contributed by atoms with Crippen molar-refractivity contribution >= 4 is 29.5 Å². The highest BCUT2D eigenvalue weighted by Gasteiger charge is 2.20. The zero-order valence-electron chi connectivity index (χ0n) is 7.86. The number of nitriles is 1. The Morgan fingerprint density at radius 3 is 2.86 bits per heavy atom. The maximum Gasteiger partial charge on any atom is 0.350 e. The molecule has 0 atom stereocenters. The van der Waals surface area contributed by atoms with Crippen LogP contribution < -0.4 is 0 Å². The SMILES string of the molecule is CCOC(=O)C(C#N)=C1SC=C(C)S1. The third-order valence-electron chi connectivity index (χ3n) is 1.38. The number of carbonyl (C=O) groups is 1. The van der Waals surface area contributed by atoms with Crippen LogP contribution in [0.3, 0.4) is 0 Å². The predicted molar refractivity (Wildman–Crippen MR) is 58.2 cm³/mol. The van der Waals surface area contributed by atoms with Crippen molar-refractivity contribution in [2.75, 3.05) is 6.61 Å². The molecule has 1 aliphatic heterocycles. The first-order chi connectivity index (χ1) is 6.69. The van der Waals surface area contributed by atoms with Crippen LogP contribution in [0.5, 0.6) is 0 Å². The Morgan fingerprint density at radius 2 is 2.43 bits per heavy atom. The summed E-state index contributed by atoms with van der Waals surface area (Å²) in [6.45, 7) is 3.94. The molecule has 0 amide bonds. The van der Waals surface area contributed by atoms with Gasteiger partial charge in [-0.3, -0.25) is 0 Å². The molecule has 0 unspecified atom stereocenters. The van der Waals surface area contributed by atoms with Crippen LogP contribution in [0.1, 0.15) is 13.8 Å². The Morgan fingerprint density at radius 1 is 1.71 bits per heavy atom. The van der Waals surface area contributed by atoms with E-state index in [0.29, 0.717) is 10.8 Å². The Hall–Kier alpha value is -0.860. The summed E-state index contributed by atoms with van der Waals surface area (Å²) in [7, 11) is 0. The van der Waals surface area contributed by atoms with Gasteiger partial charge in [-0.2, -0.15) is 5.26 Å². The summed E-state index contributed by atoms with van der Waals surface area (Å²) in [6.07, 6.45) is 0. The largest absolute Gasteiger partial charge is 0.462 e. The molecule has 1 rings (SSSR count). The number of ether oxygens (including phenoxy) is 1. The van der Waals surface area contributed by atoms with E-state index < -0.39 is 5.97 Å². The molecule has 1 aliphatic rings. The van der Waals surface area contributed by atoms with Gasteiger partial charge in [-0.05, 0) is 24.2 Å². The van der Waals surface area contributed by atoms with E-state index in [9.17, 15) is 4.79 Å². The van der Waals surface area contributed by atoms with E-state index in [-0.39, 0.29) is 5.57 Å². The third kappa shape index (κ3) is 2.56. The van der Waals surface area contributed by atoms with Gasteiger partial charge in [0.1, 0.15) is 6.07 Å². The first-order valence-electron chi connectivity index (χ1n) is 4.01. The maximum absolute atomic E-state index is 11.3. The van der Waals surface area contributed by atoms with Crippen LogP contribution in [-0.4, -0.2) is 12.6 Å². The lowest BCUT2D eigenvalue weighted by molar-refractivity contribution is -0.138. The quantitative estimate of drug-likeness (QED) is 0.412. The van der Waals surface area contributed by atoms with Crippen LogP contribution in [0, 0.1) is 11.3 Å². The van der Waals surface area contributed by atoms with E-state index in [1.807, 2.05) is 18.4 Å². The standard InChI is InChI=1S/C9H9NO2S2/c1-3-12-8(11)7(4-10)9-13-5-6(2)14-9/h5H,3H2,1-2H3. The van der Waals surface area contributed by atoms with Crippen LogP contribution in [0.15, 0.2) is 20.1 Å². The minimum atomic E-state index is -0.534. The lowest BCUT2D eigenvalue weighted by Gasteiger charge is -2.01. The molecule has 0 N–H and O–H groups in total. The number of thioether (sulfide) groups is 2. The molecule has 0 fully saturated rings. The lowest BCUT2D eigenvalue weighted by atomic mass is 10.3. The van der Waals surface area contributed by atoms with Crippen LogP contribution in [0.4, 0.5) is 0 Å². The molecule has 0 aromatic carbocycles. The number of hydrogen-bond donors (Lipinski definition) is 0. The molecule has 0 spiro atoms. The van der Waals surface area contributed by atoms with E-state index in [1.165, 1.54) is 23.5 Å². The summed E-state index contributed by atoms with van der Waals surface area (Å²) in [4.78, 5) is 12.4. The van der Waals surface area contributed by atoms with Gasteiger partial charge in [0.15, 0.2) is 5.57 Å². The summed E-state index contributed by atoms with van der Waals surface area (Å²) in [5, 5.41) is 10.7. The highest BCUT2D eigenvalue weighted by atomic mass is 32.2. The van der Waals surface area contributed by atoms with Crippen molar-refractivity contribution in [1.29, 1.82) is 5.26 Å². The van der Waals surface area contributed by atoms with Gasteiger partial charge in [0.05, 0.1) is 10.8 Å². The number of carbonyl (C=O) groups excluding carboxylic acids is 1. The monoisotopic (exact) mass is 227 g/mol. The fourth-order valence-corrected chi connectivity index (χ4v) is 2.93. The summed E-state index contributed by atoms with van der Waals surface area (Å²) < 4.78 is 5.48.